The van der Waals surface area contributed by atoms with E-state index in [-0.39, 0.29) is 51.7 Å². The lowest BCUT2D eigenvalue weighted by atomic mass is 9.93. The van der Waals surface area contributed by atoms with Gasteiger partial charge in [0.1, 0.15) is 42.8 Å². The largest absolute Gasteiger partial charge is 0.492 e. The minimum absolute atomic E-state index is 0.0698. The van der Waals surface area contributed by atoms with Gasteiger partial charge in [0.2, 0.25) is 17.7 Å². The van der Waals surface area contributed by atoms with E-state index in [2.05, 4.69) is 34.9 Å². The quantitative estimate of drug-likeness (QED) is 0.0681. The summed E-state index contributed by atoms with van der Waals surface area (Å²) in [6.45, 7) is 10.1. The van der Waals surface area contributed by atoms with E-state index in [1.54, 1.807) is 44.3 Å². The molecule has 0 aliphatic carbocycles. The Bertz CT molecular complexity index is 2030. The fourth-order valence-corrected chi connectivity index (χ4v) is 7.14. The van der Waals surface area contributed by atoms with Gasteiger partial charge >= 0.3 is 0 Å². The first-order chi connectivity index (χ1) is 29.3. The molecule has 1 heterocycles. The van der Waals surface area contributed by atoms with Crippen LogP contribution < -0.4 is 48.1 Å². The van der Waals surface area contributed by atoms with Crippen molar-refractivity contribution < 1.29 is 33.4 Å². The molecule has 0 saturated heterocycles. The van der Waals surface area contributed by atoms with Crippen LogP contribution in [0.2, 0.25) is 0 Å². The third-order valence-corrected chi connectivity index (χ3v) is 10.5. The molecule has 0 radical (unpaired) electrons. The molecule has 4 atom stereocenters. The van der Waals surface area contributed by atoms with Crippen LogP contribution in [0, 0.1) is 6.92 Å². The average molecular weight is 842 g/mol. The molecule has 0 aromatic heterocycles. The number of hydrogen-bond acceptors (Lipinski definition) is 11. The molecular formula is C45H63N9O7. The molecule has 10 N–H and O–H groups in total. The smallest absolute Gasteiger partial charge is 0.259 e. The fraction of sp³-hybridized carbons (Fsp3) is 0.444. The van der Waals surface area contributed by atoms with Crippen molar-refractivity contribution in [2.75, 3.05) is 53.5 Å². The second-order valence-electron chi connectivity index (χ2n) is 15.2. The van der Waals surface area contributed by atoms with Gasteiger partial charge in [-0.3, -0.25) is 29.0 Å². The first-order valence-corrected chi connectivity index (χ1v) is 20.8. The molecule has 0 unspecified atom stereocenters. The number of aryl methyl sites for hydroxylation is 2. The normalized spacial score (nSPS) is 16.9. The number of amides is 5. The number of hydrazine groups is 1. The van der Waals surface area contributed by atoms with Crippen LogP contribution in [0.4, 0.5) is 0 Å². The minimum Gasteiger partial charge on any atom is -0.492 e. The first-order valence-electron chi connectivity index (χ1n) is 20.8. The van der Waals surface area contributed by atoms with Gasteiger partial charge in [0.15, 0.2) is 0 Å². The number of nitrogens with two attached hydrogens (primary N) is 3. The standard InChI is InChI=1S/C45H63N9O7/c1-7-9-10-30-11-14-34(28(3)23-30)43(57)52-37(17-18-46)45(59)53(5)41-32-13-16-39(61-22-20-48)36(26-32)35-25-31(12-15-38(35)60-21-19-47)24-33(27-49-54(6)40(55)8-2)51-42(56)29(4)50-44(41)58/h8,11-16,23,25-26,29,33,37,41,49H,2,7,9-10,17-22,24,27,46-48H2,1,3-6H3,(H,50,58)(H,51,56)(H,52,57)/t29-,33-,37-,41-/m0/s1. The highest BCUT2D eigenvalue weighted by atomic mass is 16.5. The average Bonchev–Trinajstić information content (AvgIpc) is 3.25. The van der Waals surface area contributed by atoms with Crippen LogP contribution in [0.25, 0.3) is 11.1 Å². The number of hydrogen-bond donors (Lipinski definition) is 7. The molecule has 3 aromatic carbocycles. The second kappa shape index (κ2) is 23.3. The second-order valence-corrected chi connectivity index (χ2v) is 15.2. The fourth-order valence-electron chi connectivity index (χ4n) is 7.14. The van der Waals surface area contributed by atoms with E-state index in [0.29, 0.717) is 40.2 Å². The van der Waals surface area contributed by atoms with Crippen molar-refractivity contribution in [3.05, 3.63) is 95.1 Å². The summed E-state index contributed by atoms with van der Waals surface area (Å²) in [7, 11) is 3.02. The zero-order valence-electron chi connectivity index (χ0n) is 36.1. The van der Waals surface area contributed by atoms with E-state index in [1.807, 2.05) is 31.2 Å². The van der Waals surface area contributed by atoms with Crippen LogP contribution in [0.3, 0.4) is 0 Å². The lowest BCUT2D eigenvalue weighted by Crippen LogP contribution is -2.55. The van der Waals surface area contributed by atoms with Gasteiger partial charge in [-0.25, -0.2) is 5.43 Å². The van der Waals surface area contributed by atoms with Gasteiger partial charge in [0.05, 0.1) is 0 Å². The van der Waals surface area contributed by atoms with E-state index >= 15 is 0 Å². The molecule has 5 amide bonds. The van der Waals surface area contributed by atoms with Gasteiger partial charge in [0, 0.05) is 56.5 Å². The number of benzene rings is 3. The van der Waals surface area contributed by atoms with Crippen LogP contribution in [0.1, 0.15) is 71.8 Å². The van der Waals surface area contributed by atoms with Crippen LogP contribution in [0.5, 0.6) is 11.5 Å². The highest BCUT2D eigenvalue weighted by Gasteiger charge is 2.36. The molecule has 16 nitrogen and oxygen atoms in total. The summed E-state index contributed by atoms with van der Waals surface area (Å²) < 4.78 is 12.3. The lowest BCUT2D eigenvalue weighted by Gasteiger charge is -2.33. The Morgan fingerprint density at radius 1 is 0.918 bits per heavy atom. The maximum Gasteiger partial charge on any atom is 0.259 e. The summed E-state index contributed by atoms with van der Waals surface area (Å²) in [5.74, 6) is -1.63. The monoisotopic (exact) mass is 841 g/mol. The third-order valence-electron chi connectivity index (χ3n) is 10.5. The molecule has 16 heteroatoms. The highest BCUT2D eigenvalue weighted by Crippen LogP contribution is 2.40. The number of unbranched alkanes of at least 4 members (excludes halogenated alkanes) is 1. The van der Waals surface area contributed by atoms with Crippen molar-refractivity contribution >= 4 is 29.5 Å². The molecule has 0 fully saturated rings. The van der Waals surface area contributed by atoms with Crippen molar-refractivity contribution in [1.82, 2.24) is 31.3 Å². The predicted molar refractivity (Wildman–Crippen MR) is 235 cm³/mol. The minimum atomic E-state index is -1.31. The summed E-state index contributed by atoms with van der Waals surface area (Å²) >= 11 is 0. The number of nitrogens with one attached hydrogen (secondary N) is 4. The predicted octanol–water partition coefficient (Wildman–Crippen LogP) is 2.02. The highest BCUT2D eigenvalue weighted by molar-refractivity contribution is 6.00. The van der Waals surface area contributed by atoms with Gasteiger partial charge in [-0.2, -0.15) is 0 Å². The Hall–Kier alpha value is -5.81. The number of rotatable bonds is 19. The zero-order chi connectivity index (χ0) is 44.6. The molecule has 61 heavy (non-hydrogen) atoms. The van der Waals surface area contributed by atoms with E-state index in [0.717, 1.165) is 36.0 Å². The van der Waals surface area contributed by atoms with Gasteiger partial charge in [-0.1, -0.05) is 44.2 Å². The number of fused-ring (bicyclic) bond motifs is 5. The summed E-state index contributed by atoms with van der Waals surface area (Å²) in [6, 6.07) is 12.3. The van der Waals surface area contributed by atoms with Gasteiger partial charge < -0.3 is 47.5 Å². The lowest BCUT2D eigenvalue weighted by molar-refractivity contribution is -0.141. The SMILES string of the molecule is C=CC(=O)N(C)NC[C@@H]1Cc2ccc(OCCN)c(c2)-c2cc(ccc2OCCN)[C@H](N(C)C(=O)[C@H](CCN)NC(=O)c2ccc(CCCC)cc2C)C(=O)N[C@@H](C)C(=O)N1. The third kappa shape index (κ3) is 12.8. The van der Waals surface area contributed by atoms with E-state index in [4.69, 9.17) is 26.7 Å². The molecule has 330 valence electrons. The van der Waals surface area contributed by atoms with Gasteiger partial charge in [-0.15, -0.1) is 0 Å². The topological polar surface area (TPSA) is 236 Å². The molecular weight excluding hydrogens is 779 g/mol. The Morgan fingerprint density at radius 2 is 1.59 bits per heavy atom. The maximum atomic E-state index is 14.6. The van der Waals surface area contributed by atoms with Crippen LogP contribution in [0.15, 0.2) is 67.3 Å². The first kappa shape index (κ1) is 47.9. The van der Waals surface area contributed by atoms with Crippen LogP contribution in [-0.2, 0) is 32.0 Å². The zero-order valence-corrected chi connectivity index (χ0v) is 36.1. The Morgan fingerprint density at radius 3 is 2.21 bits per heavy atom. The Labute approximate surface area is 358 Å². The van der Waals surface area contributed by atoms with Crippen molar-refractivity contribution in [2.24, 2.45) is 17.2 Å². The number of carbonyl (C=O) groups excluding carboxylic acids is 5. The Kier molecular flexibility index (Phi) is 18.2. The molecule has 4 bridgehead atoms. The summed E-state index contributed by atoms with van der Waals surface area (Å²) in [6.07, 6.45) is 4.54. The van der Waals surface area contributed by atoms with Crippen molar-refractivity contribution in [3.8, 4) is 22.6 Å². The Balaban J connectivity index is 1.83. The van der Waals surface area contributed by atoms with E-state index in [9.17, 15) is 24.0 Å². The number of carbonyl (C=O) groups is 5. The van der Waals surface area contributed by atoms with Gasteiger partial charge in [0.25, 0.3) is 11.8 Å². The molecule has 1 aliphatic heterocycles. The molecule has 0 saturated carbocycles. The molecule has 1 aliphatic rings. The summed E-state index contributed by atoms with van der Waals surface area (Å²) in [4.78, 5) is 70.2. The number of nitrogens with zero attached hydrogens (tertiary/aromatic N) is 2. The van der Waals surface area contributed by atoms with Crippen molar-refractivity contribution in [2.45, 2.75) is 77.0 Å². The number of likely N-dealkylation sites (N-methyl/N-ethyl adjacent to an activating group) is 2. The van der Waals surface area contributed by atoms with Gasteiger partial charge in [-0.05, 0) is 105 Å². The molecule has 0 spiro atoms. The van der Waals surface area contributed by atoms with Crippen LogP contribution >= 0.6 is 0 Å². The summed E-state index contributed by atoms with van der Waals surface area (Å²) in [5.41, 5.74) is 25.4. The van der Waals surface area contributed by atoms with E-state index < -0.39 is 47.8 Å². The van der Waals surface area contributed by atoms with Crippen molar-refractivity contribution in [3.63, 3.8) is 0 Å². The maximum absolute atomic E-state index is 14.6. The molecule has 4 rings (SSSR count). The summed E-state index contributed by atoms with van der Waals surface area (Å²) in [5, 5.41) is 9.96. The van der Waals surface area contributed by atoms with Crippen molar-refractivity contribution in [1.29, 1.82) is 0 Å². The van der Waals surface area contributed by atoms with Crippen LogP contribution in [-0.4, -0.2) is 111 Å². The molecule has 3 aromatic rings. The van der Waals surface area contributed by atoms with E-state index in [1.165, 1.54) is 23.0 Å². The number of ether oxygens (including phenoxy) is 2.